The molecule has 0 radical (unpaired) electrons. The van der Waals surface area contributed by atoms with Crippen molar-refractivity contribution in [3.63, 3.8) is 0 Å². The number of aromatic amines is 1. The van der Waals surface area contributed by atoms with E-state index < -0.39 is 0 Å². The number of hydrogen-bond acceptors (Lipinski definition) is 4. The summed E-state index contributed by atoms with van der Waals surface area (Å²) in [6, 6.07) is 2.06. The third-order valence-corrected chi connectivity index (χ3v) is 3.44. The third kappa shape index (κ3) is 2.21. The fraction of sp³-hybridized carbons (Fsp3) is 0.429. The van der Waals surface area contributed by atoms with Crippen molar-refractivity contribution in [3.8, 4) is 17.1 Å². The molecule has 1 aliphatic rings. The van der Waals surface area contributed by atoms with E-state index in [9.17, 15) is 0 Å². The first-order chi connectivity index (χ1) is 9.29. The summed E-state index contributed by atoms with van der Waals surface area (Å²) in [6.45, 7) is 3.50. The van der Waals surface area contributed by atoms with E-state index in [1.165, 1.54) is 11.3 Å². The predicted molar refractivity (Wildman–Crippen MR) is 71.3 cm³/mol. The highest BCUT2D eigenvalue weighted by Gasteiger charge is 2.17. The Bertz CT molecular complexity index is 592. The van der Waals surface area contributed by atoms with Gasteiger partial charge in [-0.2, -0.15) is 5.10 Å². The van der Waals surface area contributed by atoms with Crippen LogP contribution in [0, 0.1) is 6.92 Å². The lowest BCUT2D eigenvalue weighted by Crippen LogP contribution is -1.97. The number of nitrogens with zero attached hydrogens (tertiary/aromatic N) is 2. The molecule has 0 fully saturated rings. The second-order valence-corrected chi connectivity index (χ2v) is 4.69. The third-order valence-electron chi connectivity index (χ3n) is 3.44. The zero-order chi connectivity index (χ0) is 13.2. The van der Waals surface area contributed by atoms with E-state index in [2.05, 4.69) is 21.2 Å². The van der Waals surface area contributed by atoms with Crippen molar-refractivity contribution in [1.29, 1.82) is 0 Å². The first-order valence-electron chi connectivity index (χ1n) is 6.44. The van der Waals surface area contributed by atoms with Gasteiger partial charge in [0.1, 0.15) is 0 Å². The molecule has 0 aliphatic carbocycles. The van der Waals surface area contributed by atoms with Crippen molar-refractivity contribution in [2.45, 2.75) is 19.8 Å². The van der Waals surface area contributed by atoms with Crippen molar-refractivity contribution in [1.82, 2.24) is 15.2 Å². The number of ether oxygens (including phenoxy) is 2. The number of rotatable bonds is 2. The largest absolute Gasteiger partial charge is 0.481 e. The molecule has 3 heterocycles. The lowest BCUT2D eigenvalue weighted by Gasteiger charge is -2.06. The summed E-state index contributed by atoms with van der Waals surface area (Å²) < 4.78 is 10.7. The standard InChI is InChI=1S/C14H17N3O2/c1-9-7-10(8-15-14(9)18-2)13-11-3-5-19-6-4-12(11)16-17-13/h7-8H,3-6H2,1-2H3,(H,16,17). The van der Waals surface area contributed by atoms with Gasteiger partial charge in [-0.05, 0) is 19.4 Å². The van der Waals surface area contributed by atoms with E-state index in [1.54, 1.807) is 7.11 Å². The monoisotopic (exact) mass is 259 g/mol. The Morgan fingerprint density at radius 2 is 2.16 bits per heavy atom. The maximum absolute atomic E-state index is 5.50. The van der Waals surface area contributed by atoms with Crippen molar-refractivity contribution in [2.75, 3.05) is 20.3 Å². The zero-order valence-electron chi connectivity index (χ0n) is 11.2. The Hall–Kier alpha value is -1.88. The fourth-order valence-corrected chi connectivity index (χ4v) is 2.47. The second-order valence-electron chi connectivity index (χ2n) is 4.69. The van der Waals surface area contributed by atoms with E-state index in [4.69, 9.17) is 9.47 Å². The number of fused-ring (bicyclic) bond motifs is 1. The van der Waals surface area contributed by atoms with Crippen molar-refractivity contribution in [3.05, 3.63) is 29.1 Å². The number of pyridine rings is 1. The number of hydrogen-bond donors (Lipinski definition) is 1. The van der Waals surface area contributed by atoms with Crippen LogP contribution in [-0.4, -0.2) is 35.5 Å². The minimum Gasteiger partial charge on any atom is -0.481 e. The van der Waals surface area contributed by atoms with Crippen LogP contribution in [-0.2, 0) is 17.6 Å². The normalized spacial score (nSPS) is 14.8. The van der Waals surface area contributed by atoms with Gasteiger partial charge in [0.25, 0.3) is 0 Å². The van der Waals surface area contributed by atoms with Gasteiger partial charge in [-0.3, -0.25) is 5.10 Å². The molecule has 19 heavy (non-hydrogen) atoms. The Labute approximate surface area is 112 Å². The number of H-pyrrole nitrogens is 1. The summed E-state index contributed by atoms with van der Waals surface area (Å²) >= 11 is 0. The predicted octanol–water partition coefficient (Wildman–Crippen LogP) is 1.90. The Morgan fingerprint density at radius 3 is 2.95 bits per heavy atom. The highest BCUT2D eigenvalue weighted by Crippen LogP contribution is 2.28. The number of nitrogens with one attached hydrogen (secondary N) is 1. The first kappa shape index (κ1) is 12.2. The van der Waals surface area contributed by atoms with Crippen LogP contribution in [0.15, 0.2) is 12.3 Å². The van der Waals surface area contributed by atoms with Crippen LogP contribution >= 0.6 is 0 Å². The molecule has 0 bridgehead atoms. The molecular weight excluding hydrogens is 242 g/mol. The minimum absolute atomic E-state index is 0.661. The molecule has 0 unspecified atom stereocenters. The summed E-state index contributed by atoms with van der Waals surface area (Å²) in [5.74, 6) is 0.661. The smallest absolute Gasteiger partial charge is 0.215 e. The van der Waals surface area contributed by atoms with Crippen LogP contribution < -0.4 is 4.74 Å². The molecule has 100 valence electrons. The molecule has 0 spiro atoms. The maximum atomic E-state index is 5.50. The Balaban J connectivity index is 2.02. The molecule has 5 nitrogen and oxygen atoms in total. The lowest BCUT2D eigenvalue weighted by molar-refractivity contribution is 0.146. The molecule has 2 aromatic heterocycles. The molecule has 0 atom stereocenters. The maximum Gasteiger partial charge on any atom is 0.215 e. The number of aryl methyl sites for hydroxylation is 1. The molecule has 0 saturated heterocycles. The number of aromatic nitrogens is 3. The van der Waals surface area contributed by atoms with E-state index in [1.807, 2.05) is 13.1 Å². The van der Waals surface area contributed by atoms with E-state index in [-0.39, 0.29) is 0 Å². The van der Waals surface area contributed by atoms with Gasteiger partial charge in [0, 0.05) is 35.0 Å². The molecule has 1 aliphatic heterocycles. The van der Waals surface area contributed by atoms with Crippen molar-refractivity contribution >= 4 is 0 Å². The van der Waals surface area contributed by atoms with Gasteiger partial charge in [0.05, 0.1) is 26.0 Å². The average Bonchev–Trinajstić information content (AvgIpc) is 2.67. The first-order valence-corrected chi connectivity index (χ1v) is 6.44. The van der Waals surface area contributed by atoms with Crippen LogP contribution in [0.1, 0.15) is 16.8 Å². The van der Waals surface area contributed by atoms with Crippen LogP contribution in [0.2, 0.25) is 0 Å². The van der Waals surface area contributed by atoms with Crippen LogP contribution in [0.4, 0.5) is 0 Å². The van der Waals surface area contributed by atoms with Gasteiger partial charge in [-0.25, -0.2) is 4.98 Å². The van der Waals surface area contributed by atoms with Crippen molar-refractivity contribution < 1.29 is 9.47 Å². The summed E-state index contributed by atoms with van der Waals surface area (Å²) in [6.07, 6.45) is 3.60. The van der Waals surface area contributed by atoms with Gasteiger partial charge in [0.2, 0.25) is 5.88 Å². The highest BCUT2D eigenvalue weighted by atomic mass is 16.5. The van der Waals surface area contributed by atoms with Crippen LogP contribution in [0.3, 0.4) is 0 Å². The summed E-state index contributed by atoms with van der Waals surface area (Å²) in [5.41, 5.74) is 5.46. The van der Waals surface area contributed by atoms with Crippen molar-refractivity contribution in [2.24, 2.45) is 0 Å². The summed E-state index contributed by atoms with van der Waals surface area (Å²) in [4.78, 5) is 4.32. The number of methoxy groups -OCH3 is 1. The van der Waals surface area contributed by atoms with Gasteiger partial charge in [-0.1, -0.05) is 0 Å². The topological polar surface area (TPSA) is 60.0 Å². The SMILES string of the molecule is COc1ncc(-c2n[nH]c3c2CCOCC3)cc1C. The molecule has 3 rings (SSSR count). The van der Waals surface area contributed by atoms with Gasteiger partial charge >= 0.3 is 0 Å². The molecule has 0 amide bonds. The Morgan fingerprint density at radius 1 is 1.32 bits per heavy atom. The summed E-state index contributed by atoms with van der Waals surface area (Å²) in [5, 5.41) is 7.57. The molecule has 0 saturated carbocycles. The fourth-order valence-electron chi connectivity index (χ4n) is 2.47. The molecule has 0 aromatic carbocycles. The van der Waals surface area contributed by atoms with E-state index in [0.717, 1.165) is 42.9 Å². The average molecular weight is 259 g/mol. The molecule has 5 heteroatoms. The van der Waals surface area contributed by atoms with E-state index in [0.29, 0.717) is 5.88 Å². The highest BCUT2D eigenvalue weighted by molar-refractivity contribution is 5.64. The van der Waals surface area contributed by atoms with Gasteiger partial charge in [0.15, 0.2) is 0 Å². The second kappa shape index (κ2) is 5.01. The molecule has 1 N–H and O–H groups in total. The lowest BCUT2D eigenvalue weighted by atomic mass is 10.0. The zero-order valence-corrected chi connectivity index (χ0v) is 11.2. The molecular formula is C14H17N3O2. The van der Waals surface area contributed by atoms with E-state index >= 15 is 0 Å². The molecule has 2 aromatic rings. The summed E-state index contributed by atoms with van der Waals surface area (Å²) in [7, 11) is 1.63. The van der Waals surface area contributed by atoms with Gasteiger partial charge < -0.3 is 9.47 Å². The Kier molecular flexibility index (Phi) is 3.21. The quantitative estimate of drug-likeness (QED) is 0.895. The van der Waals surface area contributed by atoms with Crippen LogP contribution in [0.5, 0.6) is 5.88 Å². The van der Waals surface area contributed by atoms with Gasteiger partial charge in [-0.15, -0.1) is 0 Å². The minimum atomic E-state index is 0.661. The van der Waals surface area contributed by atoms with Crippen LogP contribution in [0.25, 0.3) is 11.3 Å².